The van der Waals surface area contributed by atoms with Crippen molar-refractivity contribution in [3.8, 4) is 5.75 Å². The molecule has 3 aromatic rings. The summed E-state index contributed by atoms with van der Waals surface area (Å²) in [5.41, 5.74) is 11.0. The smallest absolute Gasteiger partial charge is 0.255 e. The molecule has 220 valence electrons. The molecule has 0 bridgehead atoms. The minimum atomic E-state index is -3.59. The Labute approximate surface area is 241 Å². The number of methoxy groups -OCH3 is 1. The van der Waals surface area contributed by atoms with Crippen LogP contribution in [0.15, 0.2) is 42.7 Å². The Morgan fingerprint density at radius 2 is 1.80 bits per heavy atom. The van der Waals surface area contributed by atoms with Crippen LogP contribution in [0.25, 0.3) is 5.70 Å². The van der Waals surface area contributed by atoms with Gasteiger partial charge in [-0.25, -0.2) is 13.4 Å². The lowest BCUT2D eigenvalue weighted by Gasteiger charge is -2.24. The van der Waals surface area contributed by atoms with Gasteiger partial charge in [0.1, 0.15) is 5.69 Å². The van der Waals surface area contributed by atoms with Crippen LogP contribution in [-0.2, 0) is 22.5 Å². The fourth-order valence-electron chi connectivity index (χ4n) is 4.43. The number of carbonyl (C=O) groups excluding carboxylic acids is 1. The second-order valence-electron chi connectivity index (χ2n) is 11.3. The van der Waals surface area contributed by atoms with Crippen molar-refractivity contribution >= 4 is 44.6 Å². The third-order valence-corrected chi connectivity index (χ3v) is 7.12. The molecule has 0 radical (unpaired) electrons. The number of nitrogens with one attached hydrogen (secondary N) is 4. The molecule has 0 aliphatic carbocycles. The SMILES string of the molecule is COc1c(NC(=O)c2ccc(C)c(N3C=C(c4cn(C)c(N(C)C)n4)NN3)c2)cc(C(C)(C)C)cc1NS(C)(=O)=O. The zero-order valence-corrected chi connectivity index (χ0v) is 25.7. The largest absolute Gasteiger partial charge is 0.492 e. The van der Waals surface area contributed by atoms with Gasteiger partial charge >= 0.3 is 0 Å². The lowest BCUT2D eigenvalue weighted by molar-refractivity contribution is 0.102. The third-order valence-electron chi connectivity index (χ3n) is 6.53. The van der Waals surface area contributed by atoms with Crippen molar-refractivity contribution in [2.75, 3.05) is 47.4 Å². The number of hydrogen-bond donors (Lipinski definition) is 4. The predicted molar refractivity (Wildman–Crippen MR) is 164 cm³/mol. The van der Waals surface area contributed by atoms with Crippen LogP contribution in [0, 0.1) is 6.92 Å². The highest BCUT2D eigenvalue weighted by Crippen LogP contribution is 2.39. The van der Waals surface area contributed by atoms with Gasteiger partial charge in [-0.15, -0.1) is 5.53 Å². The number of ether oxygens (including phenoxy) is 1. The summed E-state index contributed by atoms with van der Waals surface area (Å²) >= 11 is 0. The first-order valence-corrected chi connectivity index (χ1v) is 14.8. The summed E-state index contributed by atoms with van der Waals surface area (Å²) in [4.78, 5) is 20.1. The molecule has 4 rings (SSSR count). The van der Waals surface area contributed by atoms with E-state index in [0.29, 0.717) is 11.3 Å². The molecule has 13 heteroatoms. The molecule has 12 nitrogen and oxygen atoms in total. The van der Waals surface area contributed by atoms with Gasteiger partial charge in [0, 0.05) is 32.9 Å². The van der Waals surface area contributed by atoms with E-state index in [1.807, 2.05) is 76.8 Å². The molecule has 2 heterocycles. The second-order valence-corrected chi connectivity index (χ2v) is 13.0. The second kappa shape index (κ2) is 11.0. The standard InChI is InChI=1S/C28H38N8O4S/c1-17-10-11-18(12-24(17)36-16-23(31-33-36)22-15-35(7)27(30-22)34(5)6)26(37)29-20-13-19(28(2,3)4)14-21(25(20)40-8)32-41(9,38)39/h10-16,31-33H,1-9H3,(H,29,37). The van der Waals surface area contributed by atoms with Crippen LogP contribution < -0.4 is 35.6 Å². The minimum absolute atomic E-state index is 0.217. The van der Waals surface area contributed by atoms with Gasteiger partial charge < -0.3 is 19.5 Å². The number of benzene rings is 2. The molecule has 0 fully saturated rings. The van der Waals surface area contributed by atoms with Gasteiger partial charge in [-0.05, 0) is 47.7 Å². The van der Waals surface area contributed by atoms with Gasteiger partial charge in [0.15, 0.2) is 5.75 Å². The van der Waals surface area contributed by atoms with E-state index in [0.717, 1.165) is 40.4 Å². The van der Waals surface area contributed by atoms with Gasteiger partial charge in [-0.2, -0.15) is 0 Å². The number of imidazole rings is 1. The molecule has 0 unspecified atom stereocenters. The first-order valence-electron chi connectivity index (χ1n) is 12.9. The Kier molecular flexibility index (Phi) is 7.96. The fraction of sp³-hybridized carbons (Fsp3) is 0.357. The average Bonchev–Trinajstić information content (AvgIpc) is 3.49. The number of rotatable bonds is 8. The van der Waals surface area contributed by atoms with Gasteiger partial charge in [0.05, 0.1) is 42.3 Å². The van der Waals surface area contributed by atoms with Gasteiger partial charge in [-0.1, -0.05) is 26.8 Å². The van der Waals surface area contributed by atoms with Crippen LogP contribution >= 0.6 is 0 Å². The lowest BCUT2D eigenvalue weighted by Crippen LogP contribution is -2.36. The van der Waals surface area contributed by atoms with E-state index >= 15 is 0 Å². The maximum Gasteiger partial charge on any atom is 0.255 e. The van der Waals surface area contributed by atoms with Crippen molar-refractivity contribution in [2.45, 2.75) is 33.1 Å². The number of aromatic nitrogens is 2. The van der Waals surface area contributed by atoms with Crippen molar-refractivity contribution in [1.82, 2.24) is 20.5 Å². The summed E-state index contributed by atoms with van der Waals surface area (Å²) in [5.74, 6) is 0.657. The van der Waals surface area contributed by atoms with E-state index in [2.05, 4.69) is 26.0 Å². The Morgan fingerprint density at radius 1 is 1.12 bits per heavy atom. The van der Waals surface area contributed by atoms with Gasteiger partial charge in [-0.3, -0.25) is 20.0 Å². The van der Waals surface area contributed by atoms with E-state index < -0.39 is 10.0 Å². The first kappa shape index (κ1) is 29.7. The maximum absolute atomic E-state index is 13.5. The highest BCUT2D eigenvalue weighted by Gasteiger charge is 2.24. The molecule has 4 N–H and O–H groups in total. The van der Waals surface area contributed by atoms with Crippen LogP contribution in [0.5, 0.6) is 5.75 Å². The Hall–Kier alpha value is -4.23. The average molecular weight is 583 g/mol. The molecule has 2 aromatic carbocycles. The van der Waals surface area contributed by atoms with E-state index in [9.17, 15) is 13.2 Å². The molecular weight excluding hydrogens is 544 g/mol. The summed E-state index contributed by atoms with van der Waals surface area (Å²) < 4.78 is 34.1. The number of hydrogen-bond acceptors (Lipinski definition) is 9. The third kappa shape index (κ3) is 6.57. The van der Waals surface area contributed by atoms with Gasteiger partial charge in [0.25, 0.3) is 5.91 Å². The lowest BCUT2D eigenvalue weighted by atomic mass is 9.86. The summed E-state index contributed by atoms with van der Waals surface area (Å²) in [6, 6.07) is 8.90. The minimum Gasteiger partial charge on any atom is -0.492 e. The van der Waals surface area contributed by atoms with Crippen LogP contribution in [0.3, 0.4) is 0 Å². The first-order chi connectivity index (χ1) is 19.1. The maximum atomic E-state index is 13.5. The van der Waals surface area contributed by atoms with Gasteiger partial charge in [0.2, 0.25) is 16.0 Å². The molecule has 0 saturated heterocycles. The molecule has 0 saturated carbocycles. The fourth-order valence-corrected chi connectivity index (χ4v) is 4.98. The number of sulfonamides is 1. The van der Waals surface area contributed by atoms with E-state index in [1.54, 1.807) is 29.3 Å². The van der Waals surface area contributed by atoms with Crippen molar-refractivity contribution in [3.05, 3.63) is 65.1 Å². The highest BCUT2D eigenvalue weighted by molar-refractivity contribution is 7.92. The molecule has 41 heavy (non-hydrogen) atoms. The van der Waals surface area contributed by atoms with E-state index in [4.69, 9.17) is 4.74 Å². The monoisotopic (exact) mass is 582 g/mol. The molecular formula is C28H38N8O4S. The molecule has 1 aliphatic heterocycles. The van der Waals surface area contributed by atoms with Crippen LogP contribution in [0.4, 0.5) is 23.0 Å². The van der Waals surface area contributed by atoms with Crippen LogP contribution in [-0.4, -0.2) is 51.3 Å². The number of amides is 1. The predicted octanol–water partition coefficient (Wildman–Crippen LogP) is 3.55. The summed E-state index contributed by atoms with van der Waals surface area (Å²) in [5, 5.41) is 4.71. The summed E-state index contributed by atoms with van der Waals surface area (Å²) in [7, 11) is 3.64. The van der Waals surface area contributed by atoms with Crippen LogP contribution in [0.1, 0.15) is 48.0 Å². The van der Waals surface area contributed by atoms with Crippen molar-refractivity contribution in [1.29, 1.82) is 0 Å². The van der Waals surface area contributed by atoms with E-state index in [1.165, 1.54) is 7.11 Å². The molecule has 0 atom stereocenters. The normalized spacial score (nSPS) is 13.5. The number of hydrazine groups is 2. The number of nitrogens with zero attached hydrogens (tertiary/aromatic N) is 4. The van der Waals surface area contributed by atoms with Crippen molar-refractivity contribution in [3.63, 3.8) is 0 Å². The number of carbonyl (C=O) groups is 1. The van der Waals surface area contributed by atoms with Crippen molar-refractivity contribution in [2.24, 2.45) is 7.05 Å². The zero-order chi connectivity index (χ0) is 30.3. The number of anilines is 4. The Bertz CT molecular complexity index is 1620. The zero-order valence-electron chi connectivity index (χ0n) is 24.9. The molecule has 0 spiro atoms. The topological polar surface area (TPSA) is 133 Å². The summed E-state index contributed by atoms with van der Waals surface area (Å²) in [6.07, 6.45) is 4.88. The highest BCUT2D eigenvalue weighted by atomic mass is 32.2. The molecule has 1 amide bonds. The number of aryl methyl sites for hydroxylation is 2. The van der Waals surface area contributed by atoms with Crippen LogP contribution in [0.2, 0.25) is 0 Å². The molecule has 1 aliphatic rings. The van der Waals surface area contributed by atoms with E-state index in [-0.39, 0.29) is 22.8 Å². The Balaban J connectivity index is 1.66. The Morgan fingerprint density at radius 3 is 2.39 bits per heavy atom. The quantitative estimate of drug-likeness (QED) is 0.315. The summed E-state index contributed by atoms with van der Waals surface area (Å²) in [6.45, 7) is 7.96. The molecule has 1 aromatic heterocycles. The van der Waals surface area contributed by atoms with Crippen molar-refractivity contribution < 1.29 is 17.9 Å².